The molecule has 0 fully saturated rings. The van der Waals surface area contributed by atoms with E-state index < -0.39 is 17.8 Å². The van der Waals surface area contributed by atoms with Gasteiger partial charge in [-0.3, -0.25) is 4.79 Å². The third kappa shape index (κ3) is 3.34. The Kier molecular flexibility index (Phi) is 4.69. The fourth-order valence-corrected chi connectivity index (χ4v) is 2.43. The zero-order valence-corrected chi connectivity index (χ0v) is 13.1. The molecule has 0 bridgehead atoms. The van der Waals surface area contributed by atoms with Gasteiger partial charge in [-0.1, -0.05) is 17.7 Å². The van der Waals surface area contributed by atoms with Crippen molar-refractivity contribution in [3.8, 4) is 11.5 Å². The maximum absolute atomic E-state index is 13.7. The molecule has 3 aromatic rings. The van der Waals surface area contributed by atoms with Crippen LogP contribution >= 0.6 is 11.6 Å². The van der Waals surface area contributed by atoms with Gasteiger partial charge in [-0.25, -0.2) is 4.39 Å². The molecule has 0 saturated carbocycles. The van der Waals surface area contributed by atoms with Crippen LogP contribution in [-0.4, -0.2) is 17.6 Å². The third-order valence-electron chi connectivity index (χ3n) is 3.37. The molecule has 0 aliphatic rings. The van der Waals surface area contributed by atoms with Gasteiger partial charge in [0, 0.05) is 0 Å². The summed E-state index contributed by atoms with van der Waals surface area (Å²) >= 11 is 5.82. The van der Waals surface area contributed by atoms with Crippen LogP contribution in [0.2, 0.25) is 5.02 Å². The molecule has 1 amide bonds. The molecule has 0 aliphatic carbocycles. The number of carbonyl (C=O) groups excluding carboxylic acids is 1. The molecule has 0 spiro atoms. The van der Waals surface area contributed by atoms with Gasteiger partial charge in [0.2, 0.25) is 0 Å². The van der Waals surface area contributed by atoms with Gasteiger partial charge in [0.05, 0.1) is 23.4 Å². The first-order valence-corrected chi connectivity index (χ1v) is 7.48. The number of rotatable bonds is 5. The van der Waals surface area contributed by atoms with Crippen LogP contribution in [-0.2, 0) is 0 Å². The van der Waals surface area contributed by atoms with Crippen molar-refractivity contribution in [2.24, 2.45) is 0 Å². The van der Waals surface area contributed by atoms with E-state index in [-0.39, 0.29) is 22.9 Å². The van der Waals surface area contributed by atoms with Crippen molar-refractivity contribution in [3.63, 3.8) is 0 Å². The maximum atomic E-state index is 13.7. The van der Waals surface area contributed by atoms with Crippen LogP contribution in [0.3, 0.4) is 0 Å². The SMILES string of the molecule is O=C(NCC(O)c1ccc(-c2ccco2)o1)c1c(F)cccc1Cl. The number of amides is 1. The first-order valence-electron chi connectivity index (χ1n) is 7.10. The summed E-state index contributed by atoms with van der Waals surface area (Å²) in [6.45, 7) is -0.158. The Hall–Kier alpha value is -2.57. The third-order valence-corrected chi connectivity index (χ3v) is 3.68. The van der Waals surface area contributed by atoms with Crippen molar-refractivity contribution < 1.29 is 23.1 Å². The Balaban J connectivity index is 1.65. The number of nitrogens with one attached hydrogen (secondary N) is 1. The summed E-state index contributed by atoms with van der Waals surface area (Å²) in [6, 6.07) is 10.6. The molecule has 5 nitrogen and oxygen atoms in total. The van der Waals surface area contributed by atoms with Gasteiger partial charge in [-0.15, -0.1) is 0 Å². The Labute approximate surface area is 141 Å². The van der Waals surface area contributed by atoms with E-state index in [1.807, 2.05) is 0 Å². The highest BCUT2D eigenvalue weighted by Gasteiger charge is 2.19. The van der Waals surface area contributed by atoms with Gasteiger partial charge < -0.3 is 19.3 Å². The minimum atomic E-state index is -1.09. The highest BCUT2D eigenvalue weighted by Crippen LogP contribution is 2.25. The van der Waals surface area contributed by atoms with Gasteiger partial charge in [-0.05, 0) is 36.4 Å². The molecule has 2 aromatic heterocycles. The Bertz CT molecular complexity index is 824. The summed E-state index contributed by atoms with van der Waals surface area (Å²) in [7, 11) is 0. The second-order valence-electron chi connectivity index (χ2n) is 5.00. The van der Waals surface area contributed by atoms with Crippen molar-refractivity contribution in [1.29, 1.82) is 0 Å². The second-order valence-corrected chi connectivity index (χ2v) is 5.41. The molecule has 0 aliphatic heterocycles. The highest BCUT2D eigenvalue weighted by molar-refractivity contribution is 6.33. The van der Waals surface area contributed by atoms with Crippen molar-refractivity contribution in [3.05, 3.63) is 70.9 Å². The molecule has 0 radical (unpaired) electrons. The van der Waals surface area contributed by atoms with Crippen molar-refractivity contribution in [1.82, 2.24) is 5.32 Å². The highest BCUT2D eigenvalue weighted by atomic mass is 35.5. The predicted octanol–water partition coefficient (Wildman–Crippen LogP) is 3.80. The molecule has 2 N–H and O–H groups in total. The molecular weight excluding hydrogens is 337 g/mol. The molecule has 0 saturated heterocycles. The Morgan fingerprint density at radius 3 is 2.75 bits per heavy atom. The van der Waals surface area contributed by atoms with E-state index in [4.69, 9.17) is 20.4 Å². The van der Waals surface area contributed by atoms with Gasteiger partial charge in [0.15, 0.2) is 11.5 Å². The summed E-state index contributed by atoms with van der Waals surface area (Å²) in [4.78, 5) is 12.0. The van der Waals surface area contributed by atoms with Gasteiger partial charge in [0.1, 0.15) is 17.7 Å². The number of aliphatic hydroxyl groups excluding tert-OH is 1. The van der Waals surface area contributed by atoms with Crippen molar-refractivity contribution in [2.45, 2.75) is 6.10 Å². The Morgan fingerprint density at radius 2 is 2.04 bits per heavy atom. The van der Waals surface area contributed by atoms with Crippen LogP contribution in [0.25, 0.3) is 11.5 Å². The largest absolute Gasteiger partial charge is 0.461 e. The molecule has 1 unspecified atom stereocenters. The van der Waals surface area contributed by atoms with Gasteiger partial charge in [0.25, 0.3) is 5.91 Å². The Morgan fingerprint density at radius 1 is 1.21 bits per heavy atom. The van der Waals surface area contributed by atoms with Crippen LogP contribution in [0, 0.1) is 5.82 Å². The number of aliphatic hydroxyl groups is 1. The van der Waals surface area contributed by atoms with E-state index in [1.165, 1.54) is 18.4 Å². The van der Waals surface area contributed by atoms with Gasteiger partial charge >= 0.3 is 0 Å². The predicted molar refractivity (Wildman–Crippen MR) is 85.1 cm³/mol. The average Bonchev–Trinajstić information content (AvgIpc) is 3.23. The lowest BCUT2D eigenvalue weighted by Crippen LogP contribution is -2.29. The number of carbonyl (C=O) groups is 1. The molecule has 1 aromatic carbocycles. The molecular formula is C17H13ClFNO4. The number of halogens is 2. The summed E-state index contributed by atoms with van der Waals surface area (Å²) in [5.41, 5.74) is -0.262. The van der Waals surface area contributed by atoms with Crippen molar-refractivity contribution in [2.75, 3.05) is 6.54 Å². The van der Waals surface area contributed by atoms with E-state index in [0.29, 0.717) is 11.5 Å². The van der Waals surface area contributed by atoms with E-state index >= 15 is 0 Å². The first-order chi connectivity index (χ1) is 11.6. The number of hydrogen-bond acceptors (Lipinski definition) is 4. The molecule has 7 heteroatoms. The van der Waals surface area contributed by atoms with Crippen LogP contribution in [0.15, 0.2) is 57.6 Å². The molecule has 124 valence electrons. The summed E-state index contributed by atoms with van der Waals surface area (Å²) in [5, 5.41) is 12.5. The normalized spacial score (nSPS) is 12.1. The van der Waals surface area contributed by atoms with Crippen LogP contribution in [0.1, 0.15) is 22.2 Å². The number of hydrogen-bond donors (Lipinski definition) is 2. The van der Waals surface area contributed by atoms with Crippen LogP contribution in [0.4, 0.5) is 4.39 Å². The standard InChI is InChI=1S/C17H13ClFNO4/c18-10-3-1-4-11(19)16(10)17(22)20-9-12(21)13-6-7-15(24-13)14-5-2-8-23-14/h1-8,12,21H,9H2,(H,20,22). The van der Waals surface area contributed by atoms with Crippen LogP contribution in [0.5, 0.6) is 0 Å². The molecule has 2 heterocycles. The topological polar surface area (TPSA) is 75.6 Å². The van der Waals surface area contributed by atoms with E-state index in [1.54, 1.807) is 24.3 Å². The zero-order chi connectivity index (χ0) is 17.1. The fraction of sp³-hybridized carbons (Fsp3) is 0.118. The first kappa shape index (κ1) is 16.3. The molecule has 1 atom stereocenters. The summed E-state index contributed by atoms with van der Waals surface area (Å²) in [6.07, 6.45) is 0.412. The lowest BCUT2D eigenvalue weighted by molar-refractivity contribution is 0.0898. The molecule has 24 heavy (non-hydrogen) atoms. The van der Waals surface area contributed by atoms with Crippen molar-refractivity contribution >= 4 is 17.5 Å². The monoisotopic (exact) mass is 349 g/mol. The number of furan rings is 2. The molecule has 3 rings (SSSR count). The minimum Gasteiger partial charge on any atom is -0.461 e. The average molecular weight is 350 g/mol. The van der Waals surface area contributed by atoms with Crippen LogP contribution < -0.4 is 5.32 Å². The van der Waals surface area contributed by atoms with E-state index in [0.717, 1.165) is 6.07 Å². The smallest absolute Gasteiger partial charge is 0.255 e. The van der Waals surface area contributed by atoms with Gasteiger partial charge in [-0.2, -0.15) is 0 Å². The second kappa shape index (κ2) is 6.90. The zero-order valence-electron chi connectivity index (χ0n) is 12.3. The maximum Gasteiger partial charge on any atom is 0.255 e. The lowest BCUT2D eigenvalue weighted by atomic mass is 10.2. The van der Waals surface area contributed by atoms with E-state index in [9.17, 15) is 14.3 Å². The fourth-order valence-electron chi connectivity index (χ4n) is 2.18. The quantitative estimate of drug-likeness (QED) is 0.734. The summed E-state index contributed by atoms with van der Waals surface area (Å²) < 4.78 is 24.3. The number of benzene rings is 1. The summed E-state index contributed by atoms with van der Waals surface area (Å²) in [5.74, 6) is -0.211. The lowest BCUT2D eigenvalue weighted by Gasteiger charge is -2.11. The van der Waals surface area contributed by atoms with E-state index in [2.05, 4.69) is 5.32 Å². The minimum absolute atomic E-state index is 0.0000870.